The summed E-state index contributed by atoms with van der Waals surface area (Å²) in [5, 5.41) is 0. The van der Waals surface area contributed by atoms with Crippen LogP contribution in [0.15, 0.2) is 54.6 Å². The predicted octanol–water partition coefficient (Wildman–Crippen LogP) is 4.52. The lowest BCUT2D eigenvalue weighted by Gasteiger charge is -2.04. The van der Waals surface area contributed by atoms with Gasteiger partial charge in [0.25, 0.3) is 0 Å². The SMILES string of the molecule is CCCCC(=O)c1ccc(C(=O)CC(=O)c2ccccc2)cc1. The van der Waals surface area contributed by atoms with Gasteiger partial charge >= 0.3 is 0 Å². The van der Waals surface area contributed by atoms with Crippen molar-refractivity contribution >= 4 is 17.3 Å². The van der Waals surface area contributed by atoms with E-state index >= 15 is 0 Å². The highest BCUT2D eigenvalue weighted by molar-refractivity contribution is 6.13. The first-order chi connectivity index (χ1) is 11.1. The van der Waals surface area contributed by atoms with Crippen LogP contribution in [0.25, 0.3) is 0 Å². The van der Waals surface area contributed by atoms with E-state index in [1.165, 1.54) is 0 Å². The summed E-state index contributed by atoms with van der Waals surface area (Å²) in [5.41, 5.74) is 1.61. The van der Waals surface area contributed by atoms with Crippen molar-refractivity contribution in [3.63, 3.8) is 0 Å². The molecule has 2 aromatic carbocycles. The Kier molecular flexibility index (Phi) is 5.98. The maximum Gasteiger partial charge on any atom is 0.170 e. The molecule has 23 heavy (non-hydrogen) atoms. The molecule has 0 saturated carbocycles. The summed E-state index contributed by atoms with van der Waals surface area (Å²) in [7, 11) is 0. The van der Waals surface area contributed by atoms with Crippen LogP contribution in [0.4, 0.5) is 0 Å². The topological polar surface area (TPSA) is 51.2 Å². The molecule has 0 fully saturated rings. The number of benzene rings is 2. The molecule has 0 N–H and O–H groups in total. The minimum atomic E-state index is -0.230. The molecule has 0 aliphatic rings. The minimum Gasteiger partial charge on any atom is -0.294 e. The zero-order valence-corrected chi connectivity index (χ0v) is 13.2. The third-order valence-corrected chi connectivity index (χ3v) is 3.70. The number of unbranched alkanes of at least 4 members (excludes halogenated alkanes) is 1. The average molecular weight is 308 g/mol. The van der Waals surface area contributed by atoms with Gasteiger partial charge in [-0.25, -0.2) is 0 Å². The second-order valence-electron chi connectivity index (χ2n) is 5.49. The Labute approximate surface area is 136 Å². The van der Waals surface area contributed by atoms with Gasteiger partial charge in [-0.1, -0.05) is 67.9 Å². The summed E-state index contributed by atoms with van der Waals surface area (Å²) in [5.74, 6) is -0.337. The Morgan fingerprint density at radius 3 is 1.70 bits per heavy atom. The molecule has 2 aromatic rings. The van der Waals surface area contributed by atoms with Crippen molar-refractivity contribution in [2.75, 3.05) is 0 Å². The second kappa shape index (κ2) is 8.18. The van der Waals surface area contributed by atoms with Crippen LogP contribution in [0.3, 0.4) is 0 Å². The van der Waals surface area contributed by atoms with Crippen molar-refractivity contribution in [1.29, 1.82) is 0 Å². The smallest absolute Gasteiger partial charge is 0.170 e. The summed E-state index contributed by atoms with van der Waals surface area (Å²) >= 11 is 0. The van der Waals surface area contributed by atoms with Crippen molar-refractivity contribution in [1.82, 2.24) is 0 Å². The summed E-state index contributed by atoms with van der Waals surface area (Å²) in [6.07, 6.45) is 2.21. The zero-order valence-electron chi connectivity index (χ0n) is 13.2. The van der Waals surface area contributed by atoms with Crippen molar-refractivity contribution in [2.45, 2.75) is 32.6 Å². The number of ketones is 3. The number of rotatable bonds is 8. The number of hydrogen-bond acceptors (Lipinski definition) is 3. The molecular weight excluding hydrogens is 288 g/mol. The van der Waals surface area contributed by atoms with Gasteiger partial charge in [-0.05, 0) is 6.42 Å². The van der Waals surface area contributed by atoms with Crippen LogP contribution in [0.1, 0.15) is 63.7 Å². The summed E-state index contributed by atoms with van der Waals surface area (Å²) in [4.78, 5) is 36.1. The Morgan fingerprint density at radius 1 is 0.696 bits per heavy atom. The molecule has 118 valence electrons. The molecule has 0 spiro atoms. The lowest BCUT2D eigenvalue weighted by Crippen LogP contribution is -2.09. The van der Waals surface area contributed by atoms with E-state index in [1.54, 1.807) is 48.5 Å². The number of carbonyl (C=O) groups is 3. The lowest BCUT2D eigenvalue weighted by molar-refractivity contribution is 0.0892. The lowest BCUT2D eigenvalue weighted by atomic mass is 9.99. The molecule has 0 aromatic heterocycles. The van der Waals surface area contributed by atoms with E-state index in [4.69, 9.17) is 0 Å². The van der Waals surface area contributed by atoms with Crippen LogP contribution in [0.2, 0.25) is 0 Å². The van der Waals surface area contributed by atoms with Gasteiger partial charge in [-0.15, -0.1) is 0 Å². The summed E-state index contributed by atoms with van der Waals surface area (Å²) < 4.78 is 0. The minimum absolute atomic E-state index is 0.0891. The molecule has 3 nitrogen and oxygen atoms in total. The highest BCUT2D eigenvalue weighted by atomic mass is 16.1. The molecule has 0 unspecified atom stereocenters. The molecule has 0 bridgehead atoms. The predicted molar refractivity (Wildman–Crippen MR) is 90.0 cm³/mol. The highest BCUT2D eigenvalue weighted by Crippen LogP contribution is 2.12. The zero-order chi connectivity index (χ0) is 16.7. The van der Waals surface area contributed by atoms with E-state index in [0.29, 0.717) is 23.1 Å². The highest BCUT2D eigenvalue weighted by Gasteiger charge is 2.14. The average Bonchev–Trinajstić information content (AvgIpc) is 2.60. The molecule has 0 aliphatic heterocycles. The second-order valence-corrected chi connectivity index (χ2v) is 5.49. The Morgan fingerprint density at radius 2 is 1.17 bits per heavy atom. The first-order valence-electron chi connectivity index (χ1n) is 7.86. The van der Waals surface area contributed by atoms with Crippen LogP contribution in [-0.2, 0) is 0 Å². The van der Waals surface area contributed by atoms with Gasteiger partial charge in [-0.2, -0.15) is 0 Å². The van der Waals surface area contributed by atoms with Gasteiger partial charge in [0.15, 0.2) is 17.3 Å². The van der Waals surface area contributed by atoms with Gasteiger partial charge in [0.2, 0.25) is 0 Å². The fraction of sp³-hybridized carbons (Fsp3) is 0.250. The summed E-state index contributed by atoms with van der Waals surface area (Å²) in [6, 6.07) is 15.3. The van der Waals surface area contributed by atoms with Crippen molar-refractivity contribution in [3.05, 3.63) is 71.3 Å². The van der Waals surface area contributed by atoms with Gasteiger partial charge < -0.3 is 0 Å². The Hall–Kier alpha value is -2.55. The molecule has 0 radical (unpaired) electrons. The van der Waals surface area contributed by atoms with Crippen molar-refractivity contribution < 1.29 is 14.4 Å². The van der Waals surface area contributed by atoms with Crippen LogP contribution in [0, 0.1) is 0 Å². The van der Waals surface area contributed by atoms with Gasteiger partial charge in [0.05, 0.1) is 6.42 Å². The number of Topliss-reactive ketones (excluding diaryl/α,β-unsaturated/α-hetero) is 3. The first kappa shape index (κ1) is 16.8. The van der Waals surface area contributed by atoms with E-state index < -0.39 is 0 Å². The van der Waals surface area contributed by atoms with E-state index in [2.05, 4.69) is 0 Å². The van der Waals surface area contributed by atoms with E-state index in [0.717, 1.165) is 12.8 Å². The van der Waals surface area contributed by atoms with Crippen LogP contribution in [-0.4, -0.2) is 17.3 Å². The van der Waals surface area contributed by atoms with E-state index in [1.807, 2.05) is 13.0 Å². The van der Waals surface area contributed by atoms with E-state index in [-0.39, 0.29) is 23.8 Å². The Bertz CT molecular complexity index is 685. The van der Waals surface area contributed by atoms with Crippen LogP contribution < -0.4 is 0 Å². The van der Waals surface area contributed by atoms with Gasteiger partial charge in [0, 0.05) is 23.1 Å². The van der Waals surface area contributed by atoms with Crippen LogP contribution >= 0.6 is 0 Å². The molecular formula is C20H20O3. The fourth-order valence-electron chi connectivity index (χ4n) is 2.30. The third kappa shape index (κ3) is 4.71. The normalized spacial score (nSPS) is 10.3. The van der Waals surface area contributed by atoms with E-state index in [9.17, 15) is 14.4 Å². The molecule has 2 rings (SSSR count). The molecule has 0 atom stereocenters. The summed E-state index contributed by atoms with van der Waals surface area (Å²) in [6.45, 7) is 2.04. The fourth-order valence-corrected chi connectivity index (χ4v) is 2.30. The number of hydrogen-bond donors (Lipinski definition) is 0. The van der Waals surface area contributed by atoms with Gasteiger partial charge in [-0.3, -0.25) is 14.4 Å². The molecule has 0 saturated heterocycles. The van der Waals surface area contributed by atoms with Crippen LogP contribution in [0.5, 0.6) is 0 Å². The van der Waals surface area contributed by atoms with Crippen molar-refractivity contribution in [3.8, 4) is 0 Å². The van der Waals surface area contributed by atoms with Crippen molar-refractivity contribution in [2.24, 2.45) is 0 Å². The largest absolute Gasteiger partial charge is 0.294 e. The molecule has 0 aliphatic carbocycles. The Balaban J connectivity index is 2.00. The maximum absolute atomic E-state index is 12.2. The maximum atomic E-state index is 12.2. The standard InChI is InChI=1S/C20H20O3/c1-2-3-9-18(21)16-10-12-17(13-11-16)20(23)14-19(22)15-7-5-4-6-8-15/h4-8,10-13H,2-3,9,14H2,1H3. The molecule has 3 heteroatoms. The third-order valence-electron chi connectivity index (χ3n) is 3.70. The van der Waals surface area contributed by atoms with Gasteiger partial charge in [0.1, 0.15) is 0 Å². The number of carbonyl (C=O) groups excluding carboxylic acids is 3. The molecule has 0 heterocycles. The quantitative estimate of drug-likeness (QED) is 0.532. The molecule has 0 amide bonds. The monoisotopic (exact) mass is 308 g/mol. The first-order valence-corrected chi connectivity index (χ1v) is 7.86.